The van der Waals surface area contributed by atoms with Crippen LogP contribution < -0.4 is 15.9 Å². The van der Waals surface area contributed by atoms with Crippen molar-refractivity contribution in [3.63, 3.8) is 0 Å². The van der Waals surface area contributed by atoms with Crippen LogP contribution in [0.4, 0.5) is 0 Å². The van der Waals surface area contributed by atoms with E-state index in [9.17, 15) is 0 Å². The Morgan fingerprint density at radius 3 is 1.44 bits per heavy atom. The molecule has 1 heteroatoms. The van der Waals surface area contributed by atoms with Crippen LogP contribution in [0.25, 0.3) is 32.7 Å². The summed E-state index contributed by atoms with van der Waals surface area (Å²) in [5.74, 6) is 0. The molecule has 0 N–H and O–H groups in total. The van der Waals surface area contributed by atoms with Gasteiger partial charge in [-0.1, -0.05) is 103 Å². The molecule has 0 heterocycles. The number of hydrogen-bond acceptors (Lipinski definition) is 0. The molecule has 0 radical (unpaired) electrons. The summed E-state index contributed by atoms with van der Waals surface area (Å²) in [5, 5.41) is 9.41. The Balaban J connectivity index is 1.75. The van der Waals surface area contributed by atoms with Gasteiger partial charge in [0.1, 0.15) is 23.2 Å². The van der Waals surface area contributed by atoms with Crippen molar-refractivity contribution in [3.8, 4) is 11.1 Å². The van der Waals surface area contributed by atoms with E-state index >= 15 is 0 Å². The molecule has 0 spiro atoms. The monoisotopic (exact) mass is 453 g/mol. The molecule has 0 aliphatic rings. The topological polar surface area (TPSA) is 0 Å². The standard InChI is InChI=1S/C33H26P/c1-34(27-16-4-2-5-17-27,28-18-6-3-7-19-28)32-23-13-12-22-31(32)33-29-20-10-8-14-25(29)24-26-15-9-11-21-30(26)33/h2-24H,1H3/q+1. The second kappa shape index (κ2) is 8.56. The first-order chi connectivity index (χ1) is 16.8. The van der Waals surface area contributed by atoms with Gasteiger partial charge in [0.25, 0.3) is 0 Å². The predicted molar refractivity (Wildman–Crippen MR) is 152 cm³/mol. The van der Waals surface area contributed by atoms with Crippen molar-refractivity contribution in [3.05, 3.63) is 140 Å². The Morgan fingerprint density at radius 2 is 0.882 bits per heavy atom. The lowest BCUT2D eigenvalue weighted by Crippen LogP contribution is -2.31. The first-order valence-electron chi connectivity index (χ1n) is 11.7. The lowest BCUT2D eigenvalue weighted by molar-refractivity contribution is 1.69. The zero-order valence-corrected chi connectivity index (χ0v) is 20.1. The first-order valence-corrected chi connectivity index (χ1v) is 14.0. The molecule has 0 unspecified atom stereocenters. The highest BCUT2D eigenvalue weighted by Gasteiger charge is 2.42. The molecular weight excluding hydrogens is 427 g/mol. The third-order valence-corrected chi connectivity index (χ3v) is 11.0. The molecule has 0 aromatic heterocycles. The summed E-state index contributed by atoms with van der Waals surface area (Å²) in [7, 11) is -1.89. The molecule has 0 atom stereocenters. The lowest BCUT2D eigenvalue weighted by Gasteiger charge is -2.26. The van der Waals surface area contributed by atoms with E-state index in [2.05, 4.69) is 146 Å². The van der Waals surface area contributed by atoms with Crippen molar-refractivity contribution in [2.24, 2.45) is 0 Å². The summed E-state index contributed by atoms with van der Waals surface area (Å²) < 4.78 is 0. The SMILES string of the molecule is C[P+](c1ccccc1)(c1ccccc1)c1ccccc1-c1c2ccccc2cc2ccccc12. The summed E-state index contributed by atoms with van der Waals surface area (Å²) in [6.45, 7) is 2.48. The van der Waals surface area contributed by atoms with Gasteiger partial charge in [-0.25, -0.2) is 0 Å². The van der Waals surface area contributed by atoms with Gasteiger partial charge in [-0.05, 0) is 57.9 Å². The fraction of sp³-hybridized carbons (Fsp3) is 0.0303. The number of hydrogen-bond donors (Lipinski definition) is 0. The van der Waals surface area contributed by atoms with E-state index in [1.807, 2.05) is 0 Å². The maximum absolute atomic E-state index is 2.48. The number of fused-ring (bicyclic) bond motifs is 2. The van der Waals surface area contributed by atoms with Gasteiger partial charge in [-0.2, -0.15) is 0 Å². The van der Waals surface area contributed by atoms with E-state index in [0.717, 1.165) is 0 Å². The van der Waals surface area contributed by atoms with Gasteiger partial charge in [-0.15, -0.1) is 0 Å². The molecule has 0 saturated heterocycles. The predicted octanol–water partition coefficient (Wildman–Crippen LogP) is 7.58. The van der Waals surface area contributed by atoms with E-state index in [0.29, 0.717) is 0 Å². The van der Waals surface area contributed by atoms with E-state index in [1.165, 1.54) is 48.6 Å². The van der Waals surface area contributed by atoms with E-state index < -0.39 is 7.26 Å². The van der Waals surface area contributed by atoms with Crippen LogP contribution in [0.5, 0.6) is 0 Å². The smallest absolute Gasteiger partial charge is 0.0620 e. The molecule has 0 nitrogen and oxygen atoms in total. The van der Waals surface area contributed by atoms with Crippen LogP contribution in [0.1, 0.15) is 0 Å². The second-order valence-corrected chi connectivity index (χ2v) is 12.4. The Bertz CT molecular complexity index is 1510. The van der Waals surface area contributed by atoms with Gasteiger partial charge in [0.2, 0.25) is 0 Å². The van der Waals surface area contributed by atoms with Crippen molar-refractivity contribution in [1.29, 1.82) is 0 Å². The third kappa shape index (κ3) is 3.35. The summed E-state index contributed by atoms with van der Waals surface area (Å²) in [6, 6.07) is 51.1. The van der Waals surface area contributed by atoms with Crippen molar-refractivity contribution in [1.82, 2.24) is 0 Å². The largest absolute Gasteiger partial charge is 0.112 e. The zero-order valence-electron chi connectivity index (χ0n) is 19.2. The van der Waals surface area contributed by atoms with Crippen molar-refractivity contribution in [2.75, 3.05) is 6.66 Å². The van der Waals surface area contributed by atoms with Gasteiger partial charge >= 0.3 is 0 Å². The van der Waals surface area contributed by atoms with Crippen LogP contribution in [-0.2, 0) is 0 Å². The van der Waals surface area contributed by atoms with Crippen molar-refractivity contribution < 1.29 is 0 Å². The molecule has 0 fully saturated rings. The molecular formula is C33H26P+. The molecule has 6 rings (SSSR count). The van der Waals surface area contributed by atoms with Crippen molar-refractivity contribution in [2.45, 2.75) is 0 Å². The van der Waals surface area contributed by atoms with Gasteiger partial charge in [0.15, 0.2) is 0 Å². The minimum atomic E-state index is -1.89. The molecule has 6 aromatic rings. The quantitative estimate of drug-likeness (QED) is 0.191. The first kappa shape index (κ1) is 20.8. The van der Waals surface area contributed by atoms with Crippen LogP contribution in [-0.4, -0.2) is 6.66 Å². The molecule has 162 valence electrons. The molecule has 0 aliphatic carbocycles. The molecule has 34 heavy (non-hydrogen) atoms. The van der Waals surface area contributed by atoms with Gasteiger partial charge in [0, 0.05) is 11.1 Å². The number of rotatable bonds is 4. The Labute approximate surface area is 201 Å². The van der Waals surface area contributed by atoms with Gasteiger partial charge < -0.3 is 0 Å². The number of benzene rings is 6. The average Bonchev–Trinajstić information content (AvgIpc) is 2.92. The molecule has 0 aliphatic heterocycles. The summed E-state index contributed by atoms with van der Waals surface area (Å²) in [6.07, 6.45) is 0. The zero-order chi connectivity index (χ0) is 23.0. The van der Waals surface area contributed by atoms with Crippen LogP contribution in [0.3, 0.4) is 0 Å². The maximum Gasteiger partial charge on any atom is 0.112 e. The Hall–Kier alpha value is -3.73. The maximum atomic E-state index is 2.48. The Morgan fingerprint density at radius 1 is 0.441 bits per heavy atom. The molecule has 0 saturated carbocycles. The lowest BCUT2D eigenvalue weighted by atomic mass is 9.92. The van der Waals surface area contributed by atoms with Gasteiger partial charge in [-0.3, -0.25) is 0 Å². The van der Waals surface area contributed by atoms with Crippen LogP contribution in [0, 0.1) is 0 Å². The fourth-order valence-corrected chi connectivity index (χ4v) is 8.70. The molecule has 6 aromatic carbocycles. The average molecular weight is 454 g/mol. The highest BCUT2D eigenvalue weighted by Crippen LogP contribution is 2.54. The highest BCUT2D eigenvalue weighted by molar-refractivity contribution is 7.95. The summed E-state index contributed by atoms with van der Waals surface area (Å²) in [5.41, 5.74) is 2.67. The fourth-order valence-electron chi connectivity index (χ4n) is 5.26. The van der Waals surface area contributed by atoms with E-state index in [1.54, 1.807) is 0 Å². The Kier molecular flexibility index (Phi) is 5.25. The molecule has 0 bridgehead atoms. The van der Waals surface area contributed by atoms with E-state index in [4.69, 9.17) is 0 Å². The minimum Gasteiger partial charge on any atom is -0.0620 e. The van der Waals surface area contributed by atoms with Gasteiger partial charge in [0.05, 0.1) is 6.66 Å². The minimum absolute atomic E-state index is 1.28. The second-order valence-electron chi connectivity index (χ2n) is 8.89. The van der Waals surface area contributed by atoms with Crippen LogP contribution >= 0.6 is 7.26 Å². The molecule has 0 amide bonds. The normalized spacial score (nSPS) is 11.7. The van der Waals surface area contributed by atoms with E-state index in [-0.39, 0.29) is 0 Å². The summed E-state index contributed by atoms with van der Waals surface area (Å²) >= 11 is 0. The highest BCUT2D eigenvalue weighted by atomic mass is 31.2. The summed E-state index contributed by atoms with van der Waals surface area (Å²) in [4.78, 5) is 0. The van der Waals surface area contributed by atoms with Crippen LogP contribution in [0.15, 0.2) is 140 Å². The third-order valence-electron chi connectivity index (χ3n) is 6.97. The van der Waals surface area contributed by atoms with Crippen molar-refractivity contribution >= 4 is 44.7 Å². The van der Waals surface area contributed by atoms with Crippen LogP contribution in [0.2, 0.25) is 0 Å².